The monoisotopic (exact) mass is 286 g/mol. The largest absolute Gasteiger partial charge is 0.436 e. The third-order valence-electron chi connectivity index (χ3n) is 2.67. The molecule has 21 heavy (non-hydrogen) atoms. The second kappa shape index (κ2) is 5.37. The van der Waals surface area contributed by atoms with Gasteiger partial charge < -0.3 is 10.5 Å². The molecule has 0 saturated heterocycles. The SMILES string of the molecule is CC(C)(C)c1nc(N)cc(Oc2ccc(C#N)cc2F)n1. The Hall–Kier alpha value is -2.68. The molecular weight excluding hydrogens is 271 g/mol. The Bertz CT molecular complexity index is 717. The van der Waals surface area contributed by atoms with Crippen LogP contribution in [0, 0.1) is 17.1 Å². The first kappa shape index (κ1) is 14.7. The minimum atomic E-state index is -0.636. The van der Waals surface area contributed by atoms with Gasteiger partial charge in [0.25, 0.3) is 0 Å². The van der Waals surface area contributed by atoms with E-state index < -0.39 is 5.82 Å². The lowest BCUT2D eigenvalue weighted by atomic mass is 9.96. The predicted molar refractivity (Wildman–Crippen MR) is 76.3 cm³/mol. The molecule has 6 heteroatoms. The van der Waals surface area contributed by atoms with Gasteiger partial charge in [-0.1, -0.05) is 20.8 Å². The van der Waals surface area contributed by atoms with Gasteiger partial charge in [-0.05, 0) is 18.2 Å². The van der Waals surface area contributed by atoms with Gasteiger partial charge in [0.05, 0.1) is 11.6 Å². The molecule has 0 amide bonds. The lowest BCUT2D eigenvalue weighted by Gasteiger charge is -2.17. The summed E-state index contributed by atoms with van der Waals surface area (Å²) < 4.78 is 19.2. The summed E-state index contributed by atoms with van der Waals surface area (Å²) >= 11 is 0. The molecule has 0 saturated carbocycles. The molecule has 0 fully saturated rings. The van der Waals surface area contributed by atoms with E-state index in [1.807, 2.05) is 26.8 Å². The predicted octanol–water partition coefficient (Wildman–Crippen LogP) is 3.16. The van der Waals surface area contributed by atoms with Crippen LogP contribution in [0.1, 0.15) is 32.2 Å². The summed E-state index contributed by atoms with van der Waals surface area (Å²) in [5.74, 6) is 0.261. The Balaban J connectivity index is 2.36. The van der Waals surface area contributed by atoms with Gasteiger partial charge in [0, 0.05) is 11.5 Å². The Morgan fingerprint density at radius 3 is 2.52 bits per heavy atom. The smallest absolute Gasteiger partial charge is 0.224 e. The first-order valence-corrected chi connectivity index (χ1v) is 6.32. The van der Waals surface area contributed by atoms with E-state index in [0.29, 0.717) is 5.82 Å². The van der Waals surface area contributed by atoms with Gasteiger partial charge in [-0.15, -0.1) is 0 Å². The van der Waals surface area contributed by atoms with Crippen LogP contribution in [0.2, 0.25) is 0 Å². The van der Waals surface area contributed by atoms with Crippen LogP contribution >= 0.6 is 0 Å². The van der Waals surface area contributed by atoms with E-state index in [-0.39, 0.29) is 28.4 Å². The van der Waals surface area contributed by atoms with Gasteiger partial charge in [0.2, 0.25) is 5.88 Å². The van der Waals surface area contributed by atoms with Crippen molar-refractivity contribution in [3.05, 3.63) is 41.5 Å². The highest BCUT2D eigenvalue weighted by atomic mass is 19.1. The van der Waals surface area contributed by atoms with Crippen molar-refractivity contribution in [3.8, 4) is 17.7 Å². The van der Waals surface area contributed by atoms with Gasteiger partial charge in [0.15, 0.2) is 11.6 Å². The van der Waals surface area contributed by atoms with Crippen molar-refractivity contribution in [1.82, 2.24) is 9.97 Å². The number of hydrogen-bond acceptors (Lipinski definition) is 5. The second-order valence-electron chi connectivity index (χ2n) is 5.56. The molecule has 2 rings (SSSR count). The van der Waals surface area contributed by atoms with Gasteiger partial charge in [0.1, 0.15) is 11.6 Å². The van der Waals surface area contributed by atoms with E-state index in [1.54, 1.807) is 0 Å². The molecule has 0 aliphatic carbocycles. The minimum Gasteiger partial charge on any atom is -0.436 e. The molecule has 5 nitrogen and oxygen atoms in total. The number of rotatable bonds is 2. The molecule has 1 aromatic carbocycles. The maximum absolute atomic E-state index is 13.8. The minimum absolute atomic E-state index is 0.0213. The zero-order valence-corrected chi connectivity index (χ0v) is 12.0. The van der Waals surface area contributed by atoms with Gasteiger partial charge >= 0.3 is 0 Å². The van der Waals surface area contributed by atoms with Gasteiger partial charge in [-0.3, -0.25) is 0 Å². The summed E-state index contributed by atoms with van der Waals surface area (Å²) in [4.78, 5) is 8.39. The fourth-order valence-electron chi connectivity index (χ4n) is 1.60. The Kier molecular flexibility index (Phi) is 3.76. The zero-order chi connectivity index (χ0) is 15.6. The quantitative estimate of drug-likeness (QED) is 0.916. The summed E-state index contributed by atoms with van der Waals surface area (Å²) in [6.07, 6.45) is 0. The lowest BCUT2D eigenvalue weighted by molar-refractivity contribution is 0.418. The van der Waals surface area contributed by atoms with Crippen LogP contribution in [0.4, 0.5) is 10.2 Å². The topological polar surface area (TPSA) is 84.8 Å². The number of halogens is 1. The van der Waals surface area contributed by atoms with E-state index in [1.165, 1.54) is 18.2 Å². The molecule has 0 bridgehead atoms. The van der Waals surface area contributed by atoms with Crippen molar-refractivity contribution < 1.29 is 9.13 Å². The Labute approximate surface area is 122 Å². The third-order valence-corrected chi connectivity index (χ3v) is 2.67. The highest BCUT2D eigenvalue weighted by Gasteiger charge is 2.19. The van der Waals surface area contributed by atoms with Crippen molar-refractivity contribution in [2.24, 2.45) is 0 Å². The van der Waals surface area contributed by atoms with Crippen LogP contribution in [0.3, 0.4) is 0 Å². The fourth-order valence-corrected chi connectivity index (χ4v) is 1.60. The number of hydrogen-bond donors (Lipinski definition) is 1. The zero-order valence-electron chi connectivity index (χ0n) is 12.0. The molecule has 0 atom stereocenters. The van der Waals surface area contributed by atoms with Crippen LogP contribution in [-0.4, -0.2) is 9.97 Å². The maximum Gasteiger partial charge on any atom is 0.224 e. The normalized spacial score (nSPS) is 11.0. The first-order chi connectivity index (χ1) is 9.79. The number of nitrogen functional groups attached to an aromatic ring is 1. The van der Waals surface area contributed by atoms with Crippen molar-refractivity contribution in [3.63, 3.8) is 0 Å². The van der Waals surface area contributed by atoms with Crippen molar-refractivity contribution in [1.29, 1.82) is 5.26 Å². The van der Waals surface area contributed by atoms with Crippen LogP contribution < -0.4 is 10.5 Å². The average molecular weight is 286 g/mol. The number of nitrogens with two attached hydrogens (primary N) is 1. The molecule has 0 radical (unpaired) electrons. The number of anilines is 1. The Morgan fingerprint density at radius 1 is 1.24 bits per heavy atom. The standard InChI is InChI=1S/C15H15FN4O/c1-15(2,3)14-19-12(18)7-13(20-14)21-11-5-4-9(8-17)6-10(11)16/h4-7H,1-3H3,(H2,18,19,20). The number of benzene rings is 1. The first-order valence-electron chi connectivity index (χ1n) is 6.32. The molecular formula is C15H15FN4O. The number of nitriles is 1. The van der Waals surface area contributed by atoms with E-state index in [4.69, 9.17) is 15.7 Å². The van der Waals surface area contributed by atoms with Crippen LogP contribution in [0.15, 0.2) is 24.3 Å². The Morgan fingerprint density at radius 2 is 1.95 bits per heavy atom. The number of ether oxygens (including phenoxy) is 1. The molecule has 108 valence electrons. The van der Waals surface area contributed by atoms with Crippen LogP contribution in [0.5, 0.6) is 11.6 Å². The van der Waals surface area contributed by atoms with Crippen LogP contribution in [0.25, 0.3) is 0 Å². The molecule has 1 heterocycles. The summed E-state index contributed by atoms with van der Waals surface area (Å²) in [6.45, 7) is 5.82. The lowest BCUT2D eigenvalue weighted by Crippen LogP contribution is -2.17. The fraction of sp³-hybridized carbons (Fsp3) is 0.267. The molecule has 2 N–H and O–H groups in total. The summed E-state index contributed by atoms with van der Waals surface area (Å²) in [7, 11) is 0. The average Bonchev–Trinajstić information content (AvgIpc) is 2.39. The molecule has 0 aliphatic rings. The summed E-state index contributed by atoms with van der Waals surface area (Å²) in [5, 5.41) is 8.71. The van der Waals surface area contributed by atoms with Crippen molar-refractivity contribution in [2.75, 3.05) is 5.73 Å². The van der Waals surface area contributed by atoms with E-state index in [9.17, 15) is 4.39 Å². The summed E-state index contributed by atoms with van der Waals surface area (Å²) in [5.41, 5.74) is 5.64. The molecule has 0 aliphatic heterocycles. The van der Waals surface area contributed by atoms with E-state index in [0.717, 1.165) is 6.07 Å². The molecule has 2 aromatic rings. The second-order valence-corrected chi connectivity index (χ2v) is 5.56. The highest BCUT2D eigenvalue weighted by molar-refractivity contribution is 5.40. The molecule has 0 spiro atoms. The van der Waals surface area contributed by atoms with Gasteiger partial charge in [-0.25, -0.2) is 9.37 Å². The molecule has 1 aromatic heterocycles. The molecule has 0 unspecified atom stereocenters. The van der Waals surface area contributed by atoms with Crippen molar-refractivity contribution >= 4 is 5.82 Å². The number of aromatic nitrogens is 2. The maximum atomic E-state index is 13.8. The van der Waals surface area contributed by atoms with Gasteiger partial charge in [-0.2, -0.15) is 10.2 Å². The highest BCUT2D eigenvalue weighted by Crippen LogP contribution is 2.27. The summed E-state index contributed by atoms with van der Waals surface area (Å²) in [6, 6.07) is 7.22. The van der Waals surface area contributed by atoms with E-state index >= 15 is 0 Å². The number of nitrogens with zero attached hydrogens (tertiary/aromatic N) is 3. The van der Waals surface area contributed by atoms with Crippen LogP contribution in [-0.2, 0) is 5.41 Å². The van der Waals surface area contributed by atoms with Crippen molar-refractivity contribution in [2.45, 2.75) is 26.2 Å². The third kappa shape index (κ3) is 3.45. The van der Waals surface area contributed by atoms with E-state index in [2.05, 4.69) is 9.97 Å².